The van der Waals surface area contributed by atoms with E-state index < -0.39 is 23.8 Å². The zero-order valence-corrected chi connectivity index (χ0v) is 13.1. The Morgan fingerprint density at radius 2 is 1.91 bits per heavy atom. The number of carbonyl (C=O) groups excluding carboxylic acids is 2. The van der Waals surface area contributed by atoms with Gasteiger partial charge in [0.05, 0.1) is 6.42 Å². The SMILES string of the molecule is CC(OC(=O)Cc1ccc(Cl)cc1)C(=O)Nc1cccc(F)c1. The molecular weight excluding hydrogens is 321 g/mol. The van der Waals surface area contributed by atoms with E-state index in [-0.39, 0.29) is 6.42 Å². The Balaban J connectivity index is 1.87. The number of esters is 1. The molecule has 0 bridgehead atoms. The first kappa shape index (κ1) is 17.0. The highest BCUT2D eigenvalue weighted by Crippen LogP contribution is 2.12. The van der Waals surface area contributed by atoms with E-state index in [1.165, 1.54) is 25.1 Å². The summed E-state index contributed by atoms with van der Waals surface area (Å²) in [4.78, 5) is 23.8. The zero-order chi connectivity index (χ0) is 16.8. The lowest BCUT2D eigenvalue weighted by molar-refractivity contribution is -0.152. The number of hydrogen-bond acceptors (Lipinski definition) is 3. The van der Waals surface area contributed by atoms with E-state index in [1.807, 2.05) is 0 Å². The van der Waals surface area contributed by atoms with E-state index >= 15 is 0 Å². The van der Waals surface area contributed by atoms with Crippen LogP contribution < -0.4 is 5.32 Å². The van der Waals surface area contributed by atoms with Gasteiger partial charge >= 0.3 is 5.97 Å². The van der Waals surface area contributed by atoms with E-state index in [4.69, 9.17) is 16.3 Å². The van der Waals surface area contributed by atoms with Gasteiger partial charge in [0.1, 0.15) is 5.82 Å². The molecule has 0 saturated heterocycles. The molecule has 0 aliphatic carbocycles. The highest BCUT2D eigenvalue weighted by molar-refractivity contribution is 6.30. The molecule has 23 heavy (non-hydrogen) atoms. The average Bonchev–Trinajstić information content (AvgIpc) is 2.49. The average molecular weight is 336 g/mol. The minimum absolute atomic E-state index is 0.0365. The van der Waals surface area contributed by atoms with Crippen molar-refractivity contribution < 1.29 is 18.7 Å². The molecule has 6 heteroatoms. The minimum Gasteiger partial charge on any atom is -0.452 e. The molecule has 0 aliphatic heterocycles. The second kappa shape index (κ2) is 7.74. The largest absolute Gasteiger partial charge is 0.452 e. The van der Waals surface area contributed by atoms with Gasteiger partial charge in [-0.15, -0.1) is 0 Å². The Morgan fingerprint density at radius 1 is 1.22 bits per heavy atom. The summed E-state index contributed by atoms with van der Waals surface area (Å²) in [6.45, 7) is 1.45. The fraction of sp³-hybridized carbons (Fsp3) is 0.176. The Kier molecular flexibility index (Phi) is 5.71. The van der Waals surface area contributed by atoms with Crippen molar-refractivity contribution in [2.75, 3.05) is 5.32 Å². The number of nitrogens with one attached hydrogen (secondary N) is 1. The van der Waals surface area contributed by atoms with E-state index in [9.17, 15) is 14.0 Å². The highest BCUT2D eigenvalue weighted by atomic mass is 35.5. The molecule has 4 nitrogen and oxygen atoms in total. The first-order chi connectivity index (χ1) is 10.9. The van der Waals surface area contributed by atoms with Gasteiger partial charge < -0.3 is 10.1 Å². The van der Waals surface area contributed by atoms with Gasteiger partial charge in [0.25, 0.3) is 5.91 Å². The summed E-state index contributed by atoms with van der Waals surface area (Å²) in [5, 5.41) is 3.06. The number of anilines is 1. The monoisotopic (exact) mass is 335 g/mol. The van der Waals surface area contributed by atoms with Crippen molar-refractivity contribution in [2.45, 2.75) is 19.4 Å². The van der Waals surface area contributed by atoms with Crippen LogP contribution in [-0.2, 0) is 20.7 Å². The van der Waals surface area contributed by atoms with E-state index in [0.717, 1.165) is 5.56 Å². The molecule has 0 aromatic heterocycles. The highest BCUT2D eigenvalue weighted by Gasteiger charge is 2.18. The van der Waals surface area contributed by atoms with Crippen LogP contribution in [0.25, 0.3) is 0 Å². The van der Waals surface area contributed by atoms with Gasteiger partial charge in [-0.25, -0.2) is 4.39 Å². The van der Waals surface area contributed by atoms with E-state index in [1.54, 1.807) is 30.3 Å². The Labute approximate surface area is 138 Å². The second-order valence-corrected chi connectivity index (χ2v) is 5.37. The first-order valence-electron chi connectivity index (χ1n) is 6.94. The molecule has 0 radical (unpaired) electrons. The first-order valence-corrected chi connectivity index (χ1v) is 7.32. The van der Waals surface area contributed by atoms with Crippen LogP contribution in [0.5, 0.6) is 0 Å². The summed E-state index contributed by atoms with van der Waals surface area (Å²) in [5.74, 6) is -1.52. The Bertz CT molecular complexity index is 703. The predicted octanol–water partition coefficient (Wildman–Crippen LogP) is 3.59. The number of amides is 1. The lowest BCUT2D eigenvalue weighted by atomic mass is 10.1. The summed E-state index contributed by atoms with van der Waals surface area (Å²) < 4.78 is 18.1. The standard InChI is InChI=1S/C17H15ClFNO3/c1-11(17(22)20-15-4-2-3-14(19)10-15)23-16(21)9-12-5-7-13(18)8-6-12/h2-8,10-11H,9H2,1H3,(H,20,22). The fourth-order valence-corrected chi connectivity index (χ4v) is 2.00. The van der Waals surface area contributed by atoms with Gasteiger partial charge in [0.15, 0.2) is 6.10 Å². The van der Waals surface area contributed by atoms with Crippen LogP contribution in [0, 0.1) is 5.82 Å². The Hall–Kier alpha value is -2.40. The van der Waals surface area contributed by atoms with Gasteiger partial charge in [-0.05, 0) is 42.8 Å². The quantitative estimate of drug-likeness (QED) is 0.849. The lowest BCUT2D eigenvalue weighted by Gasteiger charge is -2.13. The predicted molar refractivity (Wildman–Crippen MR) is 85.7 cm³/mol. The van der Waals surface area contributed by atoms with Gasteiger partial charge in [0, 0.05) is 10.7 Å². The second-order valence-electron chi connectivity index (χ2n) is 4.93. The van der Waals surface area contributed by atoms with Crippen LogP contribution in [-0.4, -0.2) is 18.0 Å². The fourth-order valence-electron chi connectivity index (χ4n) is 1.87. The molecule has 2 aromatic carbocycles. The van der Waals surface area contributed by atoms with Crippen LogP contribution in [0.4, 0.5) is 10.1 Å². The molecule has 0 aliphatic rings. The summed E-state index contributed by atoms with van der Waals surface area (Å²) in [6.07, 6.45) is -0.951. The van der Waals surface area contributed by atoms with Crippen LogP contribution in [0.1, 0.15) is 12.5 Å². The minimum atomic E-state index is -0.988. The number of benzene rings is 2. The molecule has 1 N–H and O–H groups in total. The molecule has 2 aromatic rings. The van der Waals surface area contributed by atoms with Gasteiger partial charge in [-0.3, -0.25) is 9.59 Å². The number of hydrogen-bond donors (Lipinski definition) is 1. The van der Waals surface area contributed by atoms with Crippen molar-refractivity contribution in [3.8, 4) is 0 Å². The summed E-state index contributed by atoms with van der Waals surface area (Å²) in [5.41, 5.74) is 1.03. The van der Waals surface area contributed by atoms with E-state index in [2.05, 4.69) is 5.32 Å². The maximum atomic E-state index is 13.1. The van der Waals surface area contributed by atoms with Crippen LogP contribution in [0.2, 0.25) is 5.02 Å². The molecule has 120 valence electrons. The van der Waals surface area contributed by atoms with Crippen LogP contribution in [0.3, 0.4) is 0 Å². The van der Waals surface area contributed by atoms with Gasteiger partial charge in [0.2, 0.25) is 0 Å². The topological polar surface area (TPSA) is 55.4 Å². The smallest absolute Gasteiger partial charge is 0.311 e. The molecule has 0 saturated carbocycles. The summed E-state index contributed by atoms with van der Waals surface area (Å²) in [6, 6.07) is 12.2. The molecule has 2 rings (SSSR count). The summed E-state index contributed by atoms with van der Waals surface area (Å²) in [7, 11) is 0. The Morgan fingerprint density at radius 3 is 2.57 bits per heavy atom. The van der Waals surface area contributed by atoms with Gasteiger partial charge in [-0.1, -0.05) is 29.8 Å². The number of rotatable bonds is 5. The molecule has 1 atom stereocenters. The summed E-state index contributed by atoms with van der Waals surface area (Å²) >= 11 is 5.77. The van der Waals surface area contributed by atoms with Crippen molar-refractivity contribution >= 4 is 29.2 Å². The van der Waals surface area contributed by atoms with Gasteiger partial charge in [-0.2, -0.15) is 0 Å². The van der Waals surface area contributed by atoms with Crippen molar-refractivity contribution in [2.24, 2.45) is 0 Å². The maximum absolute atomic E-state index is 13.1. The van der Waals surface area contributed by atoms with Crippen LogP contribution >= 0.6 is 11.6 Å². The molecule has 0 spiro atoms. The molecule has 0 fully saturated rings. The van der Waals surface area contributed by atoms with Crippen molar-refractivity contribution in [3.05, 3.63) is 64.9 Å². The number of ether oxygens (including phenoxy) is 1. The molecule has 0 heterocycles. The molecular formula is C17H15ClFNO3. The third-order valence-electron chi connectivity index (χ3n) is 3.03. The van der Waals surface area contributed by atoms with Crippen molar-refractivity contribution in [3.63, 3.8) is 0 Å². The zero-order valence-electron chi connectivity index (χ0n) is 12.4. The van der Waals surface area contributed by atoms with Crippen molar-refractivity contribution in [1.29, 1.82) is 0 Å². The lowest BCUT2D eigenvalue weighted by Crippen LogP contribution is -2.30. The van der Waals surface area contributed by atoms with E-state index in [0.29, 0.717) is 10.7 Å². The van der Waals surface area contributed by atoms with Crippen molar-refractivity contribution in [1.82, 2.24) is 0 Å². The maximum Gasteiger partial charge on any atom is 0.311 e. The number of halogens is 2. The number of carbonyl (C=O) groups is 2. The molecule has 1 amide bonds. The normalized spacial score (nSPS) is 11.6. The van der Waals surface area contributed by atoms with Crippen LogP contribution in [0.15, 0.2) is 48.5 Å². The third kappa shape index (κ3) is 5.38. The molecule has 1 unspecified atom stereocenters. The third-order valence-corrected chi connectivity index (χ3v) is 3.28.